The third-order valence-electron chi connectivity index (χ3n) is 5.03. The molecule has 0 spiro atoms. The monoisotopic (exact) mass is 438 g/mol. The van der Waals surface area contributed by atoms with Crippen molar-refractivity contribution in [1.29, 1.82) is 0 Å². The van der Waals surface area contributed by atoms with Crippen LogP contribution in [0.3, 0.4) is 0 Å². The van der Waals surface area contributed by atoms with Crippen LogP contribution in [0.5, 0.6) is 0 Å². The van der Waals surface area contributed by atoms with Gasteiger partial charge in [0.1, 0.15) is 17.7 Å². The number of para-hydroxylation sites is 1. The molecule has 1 atom stereocenters. The number of aryl methyl sites for hydroxylation is 1. The Kier molecular flexibility index (Phi) is 5.91. The van der Waals surface area contributed by atoms with E-state index in [1.807, 2.05) is 24.3 Å². The largest absolute Gasteiger partial charge is 0.325 e. The molecule has 0 saturated carbocycles. The molecule has 0 aromatic heterocycles. The number of anilines is 1. The Labute approximate surface area is 184 Å². The van der Waals surface area contributed by atoms with E-state index in [1.165, 1.54) is 22.7 Å². The Hall–Kier alpha value is -3.00. The molecular weight excluding hydrogens is 415 g/mol. The lowest BCUT2D eigenvalue weighted by Gasteiger charge is -2.25. The zero-order valence-electron chi connectivity index (χ0n) is 17.6. The topological polar surface area (TPSA) is 74.1 Å². The van der Waals surface area contributed by atoms with Crippen molar-refractivity contribution in [3.63, 3.8) is 0 Å². The molecule has 2 amide bonds. The molecule has 4 rings (SSSR count). The van der Waals surface area contributed by atoms with Crippen LogP contribution in [0.25, 0.3) is 0 Å². The van der Waals surface area contributed by atoms with Gasteiger partial charge in [-0.25, -0.2) is 14.3 Å². The lowest BCUT2D eigenvalue weighted by atomic mass is 10.0. The van der Waals surface area contributed by atoms with Crippen LogP contribution in [0.4, 0.5) is 15.8 Å². The summed E-state index contributed by atoms with van der Waals surface area (Å²) in [5, 5.41) is 3.12. The Morgan fingerprint density at radius 2 is 2.03 bits per heavy atom. The van der Waals surface area contributed by atoms with Crippen molar-refractivity contribution in [2.45, 2.75) is 33.2 Å². The minimum atomic E-state index is -0.448. The molecule has 160 valence electrons. The van der Waals surface area contributed by atoms with Gasteiger partial charge in [0.15, 0.2) is 5.17 Å². The normalized spacial score (nSPS) is 17.3. The third-order valence-corrected chi connectivity index (χ3v) is 5.97. The van der Waals surface area contributed by atoms with Crippen molar-refractivity contribution < 1.29 is 14.0 Å². The number of rotatable bonds is 5. The molecule has 2 heterocycles. The van der Waals surface area contributed by atoms with E-state index < -0.39 is 6.04 Å². The summed E-state index contributed by atoms with van der Waals surface area (Å²) in [6, 6.07) is 11.6. The number of thioether (sulfide) groups is 1. The quantitative estimate of drug-likeness (QED) is 0.746. The predicted octanol–water partition coefficient (Wildman–Crippen LogP) is 4.51. The van der Waals surface area contributed by atoms with Gasteiger partial charge in [-0.15, -0.1) is 0 Å². The van der Waals surface area contributed by atoms with Crippen LogP contribution in [-0.4, -0.2) is 39.5 Å². The summed E-state index contributed by atoms with van der Waals surface area (Å²) in [4.78, 5) is 36.4. The number of aliphatic imine (C=N–C) groups is 2. The Morgan fingerprint density at radius 1 is 1.26 bits per heavy atom. The molecule has 0 radical (unpaired) electrons. The molecule has 0 saturated heterocycles. The van der Waals surface area contributed by atoms with Gasteiger partial charge in [-0.2, -0.15) is 0 Å². The Balaban J connectivity index is 1.53. The molecule has 6 nitrogen and oxygen atoms in total. The highest BCUT2D eigenvalue weighted by Gasteiger charge is 2.41. The van der Waals surface area contributed by atoms with Gasteiger partial charge in [-0.05, 0) is 49.1 Å². The van der Waals surface area contributed by atoms with Crippen LogP contribution in [-0.2, 0) is 9.59 Å². The van der Waals surface area contributed by atoms with E-state index in [4.69, 9.17) is 4.99 Å². The summed E-state index contributed by atoms with van der Waals surface area (Å²) in [5.41, 5.74) is 2.43. The number of benzene rings is 2. The minimum absolute atomic E-state index is 0.0302. The van der Waals surface area contributed by atoms with Crippen molar-refractivity contribution in [1.82, 2.24) is 4.90 Å². The van der Waals surface area contributed by atoms with Gasteiger partial charge < -0.3 is 5.32 Å². The zero-order chi connectivity index (χ0) is 22.1. The molecule has 0 aliphatic carbocycles. The van der Waals surface area contributed by atoms with E-state index in [0.29, 0.717) is 34.6 Å². The number of hydrogen-bond donors (Lipinski definition) is 1. The second kappa shape index (κ2) is 8.63. The van der Waals surface area contributed by atoms with Gasteiger partial charge in [-0.3, -0.25) is 14.6 Å². The smallest absolute Gasteiger partial charge is 0.259 e. The summed E-state index contributed by atoms with van der Waals surface area (Å²) in [7, 11) is 0. The van der Waals surface area contributed by atoms with Crippen molar-refractivity contribution in [2.24, 2.45) is 15.9 Å². The molecule has 1 N–H and O–H groups in total. The Morgan fingerprint density at radius 3 is 2.77 bits per heavy atom. The summed E-state index contributed by atoms with van der Waals surface area (Å²) < 4.78 is 13.7. The first-order valence-corrected chi connectivity index (χ1v) is 11.1. The first-order valence-electron chi connectivity index (χ1n) is 10.1. The molecule has 2 aliphatic heterocycles. The fourth-order valence-electron chi connectivity index (χ4n) is 3.50. The number of carbonyl (C=O) groups is 2. The molecule has 31 heavy (non-hydrogen) atoms. The standard InChI is InChI=1S/C23H23FN4O2S/c1-13(2)10-19-22(30)28-21(26-19)16-6-4-5-7-18(16)27-23(28)31-12-20(29)25-15-9-8-14(3)17(24)11-15/h4-9,11,13,19H,10,12H2,1-3H3,(H,25,29). The van der Waals surface area contributed by atoms with Gasteiger partial charge >= 0.3 is 0 Å². The van der Waals surface area contributed by atoms with Crippen molar-refractivity contribution in [3.8, 4) is 0 Å². The second-order valence-corrected chi connectivity index (χ2v) is 8.93. The van der Waals surface area contributed by atoms with E-state index in [-0.39, 0.29) is 23.4 Å². The number of fused-ring (bicyclic) bond motifs is 3. The maximum absolute atomic E-state index is 13.7. The van der Waals surface area contributed by atoms with Crippen molar-refractivity contribution in [3.05, 3.63) is 59.4 Å². The van der Waals surface area contributed by atoms with E-state index in [0.717, 1.165) is 11.3 Å². The molecule has 2 aliphatic rings. The fourth-order valence-corrected chi connectivity index (χ4v) is 4.30. The van der Waals surface area contributed by atoms with E-state index in [1.54, 1.807) is 19.1 Å². The molecule has 2 aromatic rings. The first kappa shape index (κ1) is 21.2. The van der Waals surface area contributed by atoms with E-state index in [2.05, 4.69) is 24.2 Å². The highest BCUT2D eigenvalue weighted by molar-refractivity contribution is 8.14. The predicted molar refractivity (Wildman–Crippen MR) is 122 cm³/mol. The summed E-state index contributed by atoms with van der Waals surface area (Å²) in [6.45, 7) is 5.77. The number of amidine groups is 2. The van der Waals surface area contributed by atoms with E-state index >= 15 is 0 Å². The molecule has 0 bridgehead atoms. The second-order valence-electron chi connectivity index (χ2n) is 7.98. The number of nitrogens with one attached hydrogen (secondary N) is 1. The van der Waals surface area contributed by atoms with Crippen LogP contribution in [0.1, 0.15) is 31.4 Å². The number of nitrogens with zero attached hydrogens (tertiary/aromatic N) is 3. The van der Waals surface area contributed by atoms with Gasteiger partial charge in [0.25, 0.3) is 5.91 Å². The lowest BCUT2D eigenvalue weighted by Crippen LogP contribution is -2.41. The van der Waals surface area contributed by atoms with Gasteiger partial charge in [-0.1, -0.05) is 43.8 Å². The average Bonchev–Trinajstić information content (AvgIpc) is 3.05. The van der Waals surface area contributed by atoms with Crippen LogP contribution in [0, 0.1) is 18.7 Å². The molecule has 0 fully saturated rings. The maximum Gasteiger partial charge on any atom is 0.259 e. The molecular formula is C23H23FN4O2S. The van der Waals surface area contributed by atoms with Crippen LogP contribution in [0.2, 0.25) is 0 Å². The molecule has 2 aromatic carbocycles. The fraction of sp³-hybridized carbons (Fsp3) is 0.304. The lowest BCUT2D eigenvalue weighted by molar-refractivity contribution is -0.125. The summed E-state index contributed by atoms with van der Waals surface area (Å²) in [5.74, 6) is 0.138. The SMILES string of the molecule is Cc1ccc(NC(=O)CSC2=Nc3ccccc3C3=NC(CC(C)C)C(=O)N23)cc1F. The van der Waals surface area contributed by atoms with Gasteiger partial charge in [0.05, 0.1) is 11.4 Å². The van der Waals surface area contributed by atoms with Crippen molar-refractivity contribution in [2.75, 3.05) is 11.1 Å². The number of amides is 2. The van der Waals surface area contributed by atoms with Crippen LogP contribution >= 0.6 is 11.8 Å². The zero-order valence-corrected chi connectivity index (χ0v) is 18.4. The first-order chi connectivity index (χ1) is 14.8. The number of carbonyl (C=O) groups excluding carboxylic acids is 2. The maximum atomic E-state index is 13.7. The van der Waals surface area contributed by atoms with Crippen molar-refractivity contribution >= 4 is 46.0 Å². The number of halogens is 1. The summed E-state index contributed by atoms with van der Waals surface area (Å²) >= 11 is 1.17. The van der Waals surface area contributed by atoms with Gasteiger partial charge in [0.2, 0.25) is 5.91 Å². The molecule has 1 unspecified atom stereocenters. The van der Waals surface area contributed by atoms with E-state index in [9.17, 15) is 14.0 Å². The number of hydrogen-bond acceptors (Lipinski definition) is 5. The average molecular weight is 439 g/mol. The highest BCUT2D eigenvalue weighted by atomic mass is 32.2. The van der Waals surface area contributed by atoms with Gasteiger partial charge in [0, 0.05) is 11.3 Å². The minimum Gasteiger partial charge on any atom is -0.325 e. The summed E-state index contributed by atoms with van der Waals surface area (Å²) in [6.07, 6.45) is 0.651. The third kappa shape index (κ3) is 4.39. The van der Waals surface area contributed by atoms with Crippen LogP contribution in [0.15, 0.2) is 52.4 Å². The van der Waals surface area contributed by atoms with Crippen LogP contribution < -0.4 is 5.32 Å². The molecule has 8 heteroatoms. The Bertz CT molecular complexity index is 1110. The highest BCUT2D eigenvalue weighted by Crippen LogP contribution is 2.34.